The van der Waals surface area contributed by atoms with E-state index in [2.05, 4.69) is 0 Å². The average molecular weight is 486 g/mol. The number of aliphatic hydroxyl groups excluding tert-OH is 4. The number of ether oxygens (including phenoxy) is 4. The third-order valence-electron chi connectivity index (χ3n) is 6.28. The molecule has 2 aromatic carbocycles. The van der Waals surface area contributed by atoms with Gasteiger partial charge >= 0.3 is 0 Å². The minimum Gasteiger partial charge on any atom is -0.491 e. The molecule has 2 aliphatic heterocycles. The summed E-state index contributed by atoms with van der Waals surface area (Å²) < 4.78 is 28.3. The van der Waals surface area contributed by atoms with E-state index in [0.717, 1.165) is 0 Å². The van der Waals surface area contributed by atoms with Crippen molar-refractivity contribution in [2.45, 2.75) is 37.4 Å². The van der Waals surface area contributed by atoms with Gasteiger partial charge in [0.15, 0.2) is 11.5 Å². The van der Waals surface area contributed by atoms with E-state index >= 15 is 0 Å². The van der Waals surface area contributed by atoms with E-state index in [4.69, 9.17) is 23.4 Å². The Balaban J connectivity index is 1.39. The van der Waals surface area contributed by atoms with E-state index in [-0.39, 0.29) is 12.0 Å². The van der Waals surface area contributed by atoms with Crippen molar-refractivity contribution in [3.8, 4) is 28.4 Å². The average Bonchev–Trinajstić information content (AvgIpc) is 2.86. The van der Waals surface area contributed by atoms with E-state index in [9.17, 15) is 25.2 Å². The van der Waals surface area contributed by atoms with Gasteiger partial charge in [0.2, 0.25) is 5.43 Å². The van der Waals surface area contributed by atoms with Crippen LogP contribution >= 0.6 is 0 Å². The second kappa shape index (κ2) is 9.48. The Hall–Kier alpha value is -3.15. The van der Waals surface area contributed by atoms with E-state index in [0.29, 0.717) is 58.3 Å². The molecule has 0 bridgehead atoms. The lowest BCUT2D eigenvalue weighted by Gasteiger charge is -2.39. The molecule has 4 N–H and O–H groups in total. The molecule has 0 spiro atoms. The van der Waals surface area contributed by atoms with Crippen molar-refractivity contribution in [1.82, 2.24) is 0 Å². The highest BCUT2D eigenvalue weighted by molar-refractivity contribution is 5.84. The number of rotatable bonds is 5. The Morgan fingerprint density at radius 1 is 0.943 bits per heavy atom. The van der Waals surface area contributed by atoms with Gasteiger partial charge in [-0.1, -0.05) is 6.07 Å². The van der Waals surface area contributed by atoms with Crippen LogP contribution in [0, 0.1) is 6.92 Å². The minimum absolute atomic E-state index is 0.161. The first kappa shape index (κ1) is 23.6. The smallest absolute Gasteiger partial charge is 0.200 e. The molecule has 1 aromatic heterocycles. The fourth-order valence-electron chi connectivity index (χ4n) is 4.40. The van der Waals surface area contributed by atoms with Crippen LogP contribution in [0.15, 0.2) is 45.6 Å². The third-order valence-corrected chi connectivity index (χ3v) is 6.28. The zero-order valence-electron chi connectivity index (χ0n) is 18.9. The normalized spacial score (nSPS) is 26.0. The van der Waals surface area contributed by atoms with Crippen LogP contribution < -0.4 is 19.6 Å². The Labute approximate surface area is 199 Å². The zero-order chi connectivity index (χ0) is 24.7. The highest BCUT2D eigenvalue weighted by Crippen LogP contribution is 2.35. The molecule has 5 atom stereocenters. The van der Waals surface area contributed by atoms with E-state index in [1.807, 2.05) is 0 Å². The summed E-state index contributed by atoms with van der Waals surface area (Å²) in [6.45, 7) is 1.94. The molecule has 0 amide bonds. The molecular weight excluding hydrogens is 460 g/mol. The van der Waals surface area contributed by atoms with Crippen molar-refractivity contribution in [3.63, 3.8) is 0 Å². The molecule has 2 aliphatic rings. The molecule has 10 heteroatoms. The number of aliphatic hydroxyl groups is 4. The number of fused-ring (bicyclic) bond motifs is 2. The first-order chi connectivity index (χ1) is 16.9. The molecule has 0 unspecified atom stereocenters. The summed E-state index contributed by atoms with van der Waals surface area (Å²) in [6.07, 6.45) is -6.31. The standard InChI is InChI=1S/C25H26O10/c1-12-21(13-2-5-16-18(8-13)32-7-6-31-16)22(27)15-4-3-14(9-17(15)34-12)33-11-20-24(29)25(30)23(28)19(10-26)35-20/h2-5,8-9,19-20,23-26,28-30H,6-7,10-11H2,1H3/t19-,20+,23+,24-,25+/m0/s1. The summed E-state index contributed by atoms with van der Waals surface area (Å²) in [6, 6.07) is 10.1. The van der Waals surface area contributed by atoms with Gasteiger partial charge in [-0.25, -0.2) is 0 Å². The Bertz CT molecular complexity index is 1280. The molecule has 35 heavy (non-hydrogen) atoms. The van der Waals surface area contributed by atoms with E-state index < -0.39 is 37.1 Å². The van der Waals surface area contributed by atoms with Crippen molar-refractivity contribution in [3.05, 3.63) is 52.4 Å². The molecule has 1 fully saturated rings. The van der Waals surface area contributed by atoms with Gasteiger partial charge < -0.3 is 43.8 Å². The Kier molecular flexibility index (Phi) is 6.39. The first-order valence-electron chi connectivity index (χ1n) is 11.3. The highest BCUT2D eigenvalue weighted by atomic mass is 16.6. The minimum atomic E-state index is -1.48. The molecule has 0 saturated carbocycles. The SMILES string of the molecule is Cc1oc2cc(OC[C@H]3O[C@@H](CO)[C@@H](O)[C@@H](O)[C@H]3O)ccc2c(=O)c1-c1ccc2c(c1)OCCO2. The van der Waals surface area contributed by atoms with Crippen LogP contribution in [0.2, 0.25) is 0 Å². The largest absolute Gasteiger partial charge is 0.491 e. The van der Waals surface area contributed by atoms with Gasteiger partial charge in [0, 0.05) is 6.07 Å². The lowest BCUT2D eigenvalue weighted by atomic mass is 9.95. The summed E-state index contributed by atoms with van der Waals surface area (Å²) in [5.74, 6) is 1.97. The number of hydrogen-bond donors (Lipinski definition) is 4. The summed E-state index contributed by atoms with van der Waals surface area (Å²) in [5, 5.41) is 39.7. The zero-order valence-corrected chi connectivity index (χ0v) is 18.9. The number of benzene rings is 2. The van der Waals surface area contributed by atoms with Crippen LogP contribution in [-0.2, 0) is 4.74 Å². The van der Waals surface area contributed by atoms with Gasteiger partial charge in [0.05, 0.1) is 17.6 Å². The molecule has 3 heterocycles. The monoisotopic (exact) mass is 486 g/mol. The second-order valence-corrected chi connectivity index (χ2v) is 8.56. The van der Waals surface area contributed by atoms with Crippen molar-refractivity contribution < 1.29 is 43.8 Å². The molecular formula is C25H26O10. The van der Waals surface area contributed by atoms with Gasteiger partial charge in [0.25, 0.3) is 0 Å². The van der Waals surface area contributed by atoms with Gasteiger partial charge in [-0.3, -0.25) is 4.79 Å². The number of hydrogen-bond acceptors (Lipinski definition) is 10. The fourth-order valence-corrected chi connectivity index (χ4v) is 4.40. The van der Waals surface area contributed by atoms with Crippen molar-refractivity contribution >= 4 is 11.0 Å². The predicted molar refractivity (Wildman–Crippen MR) is 123 cm³/mol. The van der Waals surface area contributed by atoms with Crippen molar-refractivity contribution in [2.75, 3.05) is 26.4 Å². The van der Waals surface area contributed by atoms with Crippen LogP contribution in [0.25, 0.3) is 22.1 Å². The van der Waals surface area contributed by atoms with Gasteiger partial charge in [-0.05, 0) is 36.8 Å². The topological polar surface area (TPSA) is 148 Å². The van der Waals surface area contributed by atoms with Gasteiger partial charge in [-0.2, -0.15) is 0 Å². The maximum absolute atomic E-state index is 13.3. The van der Waals surface area contributed by atoms with Gasteiger partial charge in [0.1, 0.15) is 67.4 Å². The van der Waals surface area contributed by atoms with Crippen LogP contribution in [-0.4, -0.2) is 77.4 Å². The summed E-state index contributed by atoms with van der Waals surface area (Å²) in [4.78, 5) is 13.3. The van der Waals surface area contributed by atoms with Crippen molar-refractivity contribution in [2.24, 2.45) is 0 Å². The second-order valence-electron chi connectivity index (χ2n) is 8.56. The molecule has 5 rings (SSSR count). The van der Waals surface area contributed by atoms with E-state index in [1.54, 1.807) is 43.3 Å². The lowest BCUT2D eigenvalue weighted by Crippen LogP contribution is -2.59. The summed E-state index contributed by atoms with van der Waals surface area (Å²) in [5.41, 5.74) is 1.19. The van der Waals surface area contributed by atoms with E-state index in [1.165, 1.54) is 0 Å². The van der Waals surface area contributed by atoms with Crippen molar-refractivity contribution in [1.29, 1.82) is 0 Å². The molecule has 3 aromatic rings. The van der Waals surface area contributed by atoms with Crippen LogP contribution in [0.1, 0.15) is 5.76 Å². The fraction of sp³-hybridized carbons (Fsp3) is 0.400. The maximum Gasteiger partial charge on any atom is 0.200 e. The van der Waals surface area contributed by atoms with Crippen LogP contribution in [0.3, 0.4) is 0 Å². The first-order valence-corrected chi connectivity index (χ1v) is 11.3. The molecule has 0 aliphatic carbocycles. The highest BCUT2D eigenvalue weighted by Gasteiger charge is 2.43. The summed E-state index contributed by atoms with van der Waals surface area (Å²) in [7, 11) is 0. The Morgan fingerprint density at radius 3 is 2.46 bits per heavy atom. The molecule has 10 nitrogen and oxygen atoms in total. The number of aryl methyl sites for hydroxylation is 1. The third kappa shape index (κ3) is 4.35. The predicted octanol–water partition coefficient (Wildman–Crippen LogP) is 0.761. The molecule has 0 radical (unpaired) electrons. The molecule has 186 valence electrons. The van der Waals surface area contributed by atoms with Gasteiger partial charge in [-0.15, -0.1) is 0 Å². The van der Waals surface area contributed by atoms with Crippen LogP contribution in [0.5, 0.6) is 17.2 Å². The summed E-state index contributed by atoms with van der Waals surface area (Å²) >= 11 is 0. The maximum atomic E-state index is 13.3. The quantitative estimate of drug-likeness (QED) is 0.407. The Morgan fingerprint density at radius 2 is 1.69 bits per heavy atom. The lowest BCUT2D eigenvalue weighted by molar-refractivity contribution is -0.234. The molecule has 1 saturated heterocycles. The van der Waals surface area contributed by atoms with Crippen LogP contribution in [0.4, 0.5) is 0 Å².